The highest BCUT2D eigenvalue weighted by Crippen LogP contribution is 2.30. The van der Waals surface area contributed by atoms with Gasteiger partial charge in [0, 0.05) is 44.7 Å². The van der Waals surface area contributed by atoms with Gasteiger partial charge in [-0.25, -0.2) is 8.42 Å². The molecule has 0 radical (unpaired) electrons. The number of anilines is 1. The van der Waals surface area contributed by atoms with E-state index in [-0.39, 0.29) is 36.0 Å². The van der Waals surface area contributed by atoms with E-state index in [2.05, 4.69) is 16.3 Å². The monoisotopic (exact) mass is 527 g/mol. The number of Topliss-reactive ketones (excluding diaryl/α,β-unsaturated/α-hetero) is 1. The molecule has 2 aliphatic rings. The topological polar surface area (TPSA) is 96.0 Å². The van der Waals surface area contributed by atoms with Crippen molar-refractivity contribution in [1.82, 2.24) is 9.21 Å². The van der Waals surface area contributed by atoms with Crippen molar-refractivity contribution in [2.45, 2.75) is 63.3 Å². The third-order valence-electron chi connectivity index (χ3n) is 7.26. The number of hydrogen-bond donors (Lipinski definition) is 1. The molecule has 2 aromatic carbocycles. The first-order chi connectivity index (χ1) is 17.6. The standard InChI is InChI=1S/C28H37N3O5S/c1-19-15-26(36-4)16-20(2)28(19)37(34,35)30(3)18-25(32)9-10-27(33)29-23-6-5-21-11-13-31(24-7-8-24)14-12-22(21)17-23/h5-6,15-17,24H,7-14,18H2,1-4H3,(H,29,33). The number of fused-ring (bicyclic) bond motifs is 1. The zero-order chi connectivity index (χ0) is 26.7. The molecule has 0 atom stereocenters. The third kappa shape index (κ3) is 6.58. The summed E-state index contributed by atoms with van der Waals surface area (Å²) in [4.78, 5) is 27.8. The first-order valence-electron chi connectivity index (χ1n) is 12.9. The average molecular weight is 528 g/mol. The largest absolute Gasteiger partial charge is 0.497 e. The van der Waals surface area contributed by atoms with Gasteiger partial charge in [-0.2, -0.15) is 4.31 Å². The number of nitrogens with one attached hydrogen (secondary N) is 1. The van der Waals surface area contributed by atoms with Crippen LogP contribution >= 0.6 is 0 Å². The predicted octanol–water partition coefficient (Wildman–Crippen LogP) is 3.48. The Morgan fingerprint density at radius 3 is 2.30 bits per heavy atom. The number of rotatable bonds is 10. The van der Waals surface area contributed by atoms with Crippen LogP contribution in [0, 0.1) is 13.8 Å². The number of ether oxygens (including phenoxy) is 1. The van der Waals surface area contributed by atoms with Gasteiger partial charge in [0.2, 0.25) is 15.9 Å². The van der Waals surface area contributed by atoms with E-state index in [0.29, 0.717) is 16.9 Å². The zero-order valence-corrected chi connectivity index (χ0v) is 23.0. The maximum atomic E-state index is 13.1. The Hall–Kier alpha value is -2.75. The van der Waals surface area contributed by atoms with Gasteiger partial charge in [-0.1, -0.05) is 6.07 Å². The van der Waals surface area contributed by atoms with Gasteiger partial charge in [0.15, 0.2) is 0 Å². The summed E-state index contributed by atoms with van der Waals surface area (Å²) in [6.45, 7) is 5.25. The smallest absolute Gasteiger partial charge is 0.243 e. The fourth-order valence-corrected chi connectivity index (χ4v) is 6.66. The number of sulfonamides is 1. The Morgan fingerprint density at radius 1 is 1.03 bits per heavy atom. The summed E-state index contributed by atoms with van der Waals surface area (Å²) in [5.74, 6) is 0.00873. The van der Waals surface area contributed by atoms with Crippen LogP contribution in [0.2, 0.25) is 0 Å². The lowest BCUT2D eigenvalue weighted by Gasteiger charge is -2.20. The Labute approximate surface area is 220 Å². The van der Waals surface area contributed by atoms with E-state index in [1.807, 2.05) is 12.1 Å². The second-order valence-electron chi connectivity index (χ2n) is 10.2. The molecule has 4 rings (SSSR count). The van der Waals surface area contributed by atoms with Gasteiger partial charge in [-0.15, -0.1) is 0 Å². The summed E-state index contributed by atoms with van der Waals surface area (Å²) in [5.41, 5.74) is 4.45. The molecule has 1 amide bonds. The van der Waals surface area contributed by atoms with Crippen LogP contribution in [0.15, 0.2) is 35.2 Å². The van der Waals surface area contributed by atoms with Crippen LogP contribution in [-0.4, -0.2) is 69.1 Å². The van der Waals surface area contributed by atoms with Crippen LogP contribution in [0.4, 0.5) is 5.69 Å². The molecule has 1 fully saturated rings. The lowest BCUT2D eigenvalue weighted by Crippen LogP contribution is -2.33. The van der Waals surface area contributed by atoms with Gasteiger partial charge in [-0.3, -0.25) is 14.5 Å². The van der Waals surface area contributed by atoms with E-state index in [4.69, 9.17) is 4.74 Å². The molecule has 2 aromatic rings. The molecule has 0 unspecified atom stereocenters. The molecule has 0 aromatic heterocycles. The SMILES string of the molecule is COc1cc(C)c(S(=O)(=O)N(C)CC(=O)CCC(=O)Nc2ccc3c(c2)CCN(C2CC2)CC3)c(C)c1. The van der Waals surface area contributed by atoms with Crippen molar-refractivity contribution < 1.29 is 22.7 Å². The van der Waals surface area contributed by atoms with Gasteiger partial charge in [0.05, 0.1) is 18.6 Å². The molecule has 1 heterocycles. The molecule has 0 saturated heterocycles. The van der Waals surface area contributed by atoms with Gasteiger partial charge in [-0.05, 0) is 86.1 Å². The molecule has 1 saturated carbocycles. The second-order valence-corrected chi connectivity index (χ2v) is 12.2. The first kappa shape index (κ1) is 27.3. The lowest BCUT2D eigenvalue weighted by atomic mass is 10.0. The van der Waals surface area contributed by atoms with Gasteiger partial charge >= 0.3 is 0 Å². The minimum absolute atomic E-state index is 0.000144. The quantitative estimate of drug-likeness (QED) is 0.508. The van der Waals surface area contributed by atoms with Crippen molar-refractivity contribution in [3.05, 3.63) is 52.6 Å². The van der Waals surface area contributed by atoms with Crippen molar-refractivity contribution in [2.75, 3.05) is 39.1 Å². The summed E-state index contributed by atoms with van der Waals surface area (Å²) in [6.07, 6.45) is 4.58. The minimum Gasteiger partial charge on any atom is -0.497 e. The number of nitrogens with zero attached hydrogens (tertiary/aromatic N) is 2. The first-order valence-corrected chi connectivity index (χ1v) is 14.3. The van der Waals surface area contributed by atoms with Crippen LogP contribution in [0.5, 0.6) is 5.75 Å². The number of hydrogen-bond acceptors (Lipinski definition) is 6. The van der Waals surface area contributed by atoms with E-state index in [9.17, 15) is 18.0 Å². The molecule has 0 bridgehead atoms. The molecule has 37 heavy (non-hydrogen) atoms. The summed E-state index contributed by atoms with van der Waals surface area (Å²) < 4.78 is 32.5. The van der Waals surface area contributed by atoms with Crippen molar-refractivity contribution in [3.63, 3.8) is 0 Å². The maximum Gasteiger partial charge on any atom is 0.243 e. The van der Waals surface area contributed by atoms with E-state index >= 15 is 0 Å². The van der Waals surface area contributed by atoms with Crippen molar-refractivity contribution in [2.24, 2.45) is 0 Å². The third-order valence-corrected chi connectivity index (χ3v) is 9.37. The van der Waals surface area contributed by atoms with Crippen molar-refractivity contribution in [3.8, 4) is 5.75 Å². The number of aryl methyl sites for hydroxylation is 2. The van der Waals surface area contributed by atoms with Gasteiger partial charge < -0.3 is 10.1 Å². The van der Waals surface area contributed by atoms with Gasteiger partial charge in [0.1, 0.15) is 11.5 Å². The molecule has 8 nitrogen and oxygen atoms in total. The van der Waals surface area contributed by atoms with Crippen molar-refractivity contribution in [1.29, 1.82) is 0 Å². The maximum absolute atomic E-state index is 13.1. The van der Waals surface area contributed by atoms with E-state index in [0.717, 1.165) is 42.0 Å². The number of amides is 1. The molecular weight excluding hydrogens is 490 g/mol. The number of likely N-dealkylation sites (N-methyl/N-ethyl adjacent to an activating group) is 1. The van der Waals surface area contributed by atoms with E-state index < -0.39 is 10.0 Å². The Bertz CT molecular complexity index is 1260. The Morgan fingerprint density at radius 2 is 1.68 bits per heavy atom. The summed E-state index contributed by atoms with van der Waals surface area (Å²) in [6, 6.07) is 10.1. The zero-order valence-electron chi connectivity index (χ0n) is 22.2. The number of carbonyl (C=O) groups is 2. The summed E-state index contributed by atoms with van der Waals surface area (Å²) in [5, 5.41) is 2.90. The fraction of sp³-hybridized carbons (Fsp3) is 0.500. The molecular formula is C28H37N3O5S. The number of benzene rings is 2. The Kier molecular flexibility index (Phi) is 8.36. The average Bonchev–Trinajstić information content (AvgIpc) is 3.69. The predicted molar refractivity (Wildman–Crippen MR) is 144 cm³/mol. The van der Waals surface area contributed by atoms with Crippen LogP contribution in [-0.2, 0) is 32.5 Å². The summed E-state index contributed by atoms with van der Waals surface area (Å²) in [7, 11) is -0.960. The van der Waals surface area contributed by atoms with Crippen LogP contribution < -0.4 is 10.1 Å². The minimum atomic E-state index is -3.87. The van der Waals surface area contributed by atoms with E-state index in [1.165, 1.54) is 38.1 Å². The van der Waals surface area contributed by atoms with Gasteiger partial charge in [0.25, 0.3) is 0 Å². The van der Waals surface area contributed by atoms with E-state index in [1.54, 1.807) is 26.0 Å². The molecule has 1 aliphatic heterocycles. The highest BCUT2D eigenvalue weighted by atomic mass is 32.2. The Balaban J connectivity index is 1.29. The fourth-order valence-electron chi connectivity index (χ4n) is 5.10. The number of methoxy groups -OCH3 is 1. The summed E-state index contributed by atoms with van der Waals surface area (Å²) >= 11 is 0. The lowest BCUT2D eigenvalue weighted by molar-refractivity contribution is -0.122. The highest BCUT2D eigenvalue weighted by Gasteiger charge is 2.30. The molecule has 200 valence electrons. The number of ketones is 1. The van der Waals surface area contributed by atoms with Crippen molar-refractivity contribution >= 4 is 27.4 Å². The molecule has 1 aliphatic carbocycles. The normalized spacial score (nSPS) is 16.2. The van der Waals surface area contributed by atoms with Crippen LogP contribution in [0.3, 0.4) is 0 Å². The van der Waals surface area contributed by atoms with Crippen LogP contribution in [0.25, 0.3) is 0 Å². The molecule has 9 heteroatoms. The second kappa shape index (κ2) is 11.3. The number of carbonyl (C=O) groups excluding carboxylic acids is 2. The molecule has 0 spiro atoms. The highest BCUT2D eigenvalue weighted by molar-refractivity contribution is 7.89. The molecule has 1 N–H and O–H groups in total. The van der Waals surface area contributed by atoms with Crippen LogP contribution in [0.1, 0.15) is 47.9 Å².